The number of aromatic nitrogens is 2. The summed E-state index contributed by atoms with van der Waals surface area (Å²) in [6, 6.07) is 1.82. The lowest BCUT2D eigenvalue weighted by Gasteiger charge is -2.10. The van der Waals surface area contributed by atoms with E-state index in [1.807, 2.05) is 19.9 Å². The molecule has 7 heteroatoms. The first kappa shape index (κ1) is 16.2. The zero-order chi connectivity index (χ0) is 14.8. The van der Waals surface area contributed by atoms with E-state index in [1.54, 1.807) is 7.11 Å². The molecule has 1 heterocycles. The van der Waals surface area contributed by atoms with Crippen LogP contribution in [0.5, 0.6) is 0 Å². The van der Waals surface area contributed by atoms with Crippen molar-refractivity contribution in [2.45, 2.75) is 26.9 Å². The van der Waals surface area contributed by atoms with Crippen LogP contribution in [0.3, 0.4) is 0 Å². The van der Waals surface area contributed by atoms with Crippen molar-refractivity contribution in [3.8, 4) is 0 Å². The Bertz CT molecular complexity index is 401. The third kappa shape index (κ3) is 5.83. The second-order valence-corrected chi connectivity index (χ2v) is 4.15. The molecular formula is C13H23N5O2. The van der Waals surface area contributed by atoms with Gasteiger partial charge < -0.3 is 20.7 Å². The fraction of sp³-hybridized carbons (Fsp3) is 0.615. The Balaban J connectivity index is 2.60. The molecule has 0 fully saturated rings. The lowest BCUT2D eigenvalue weighted by molar-refractivity contribution is -0.120. The van der Waals surface area contributed by atoms with E-state index < -0.39 is 0 Å². The van der Waals surface area contributed by atoms with E-state index in [0.717, 1.165) is 12.4 Å². The molecule has 0 saturated heterocycles. The second kappa shape index (κ2) is 9.08. The quantitative estimate of drug-likeness (QED) is 0.625. The number of hydrogen-bond donors (Lipinski definition) is 3. The predicted molar refractivity (Wildman–Crippen MR) is 78.7 cm³/mol. The number of anilines is 2. The van der Waals surface area contributed by atoms with Crippen LogP contribution in [0.15, 0.2) is 6.07 Å². The average molecular weight is 281 g/mol. The Labute approximate surface area is 119 Å². The van der Waals surface area contributed by atoms with Crippen LogP contribution in [0.1, 0.15) is 26.1 Å². The van der Waals surface area contributed by atoms with Gasteiger partial charge in [0.15, 0.2) is 5.82 Å². The molecule has 0 atom stereocenters. The standard InChI is InChI=1S/C13H23N5O2/c1-4-14-10-8-11(18-12(17-10)9-20-3)16-7-6-13(19)15-5-2/h8H,4-7,9H2,1-3H3,(H,15,19)(H2,14,16,17,18). The van der Waals surface area contributed by atoms with Gasteiger partial charge in [-0.1, -0.05) is 0 Å². The van der Waals surface area contributed by atoms with Crippen molar-refractivity contribution in [3.05, 3.63) is 11.9 Å². The Hall–Kier alpha value is -1.89. The van der Waals surface area contributed by atoms with Gasteiger partial charge in [0, 0.05) is 39.2 Å². The second-order valence-electron chi connectivity index (χ2n) is 4.15. The van der Waals surface area contributed by atoms with Crippen LogP contribution < -0.4 is 16.0 Å². The van der Waals surface area contributed by atoms with Crippen molar-refractivity contribution in [1.82, 2.24) is 15.3 Å². The van der Waals surface area contributed by atoms with E-state index in [1.165, 1.54) is 0 Å². The molecule has 1 aromatic rings. The van der Waals surface area contributed by atoms with E-state index in [-0.39, 0.29) is 5.91 Å². The monoisotopic (exact) mass is 281 g/mol. The summed E-state index contributed by atoms with van der Waals surface area (Å²) in [4.78, 5) is 20.0. The highest BCUT2D eigenvalue weighted by Crippen LogP contribution is 2.11. The van der Waals surface area contributed by atoms with Gasteiger partial charge in [0.2, 0.25) is 5.91 Å². The van der Waals surface area contributed by atoms with Gasteiger partial charge in [-0.15, -0.1) is 0 Å². The van der Waals surface area contributed by atoms with Crippen LogP contribution in [0.2, 0.25) is 0 Å². The van der Waals surface area contributed by atoms with E-state index >= 15 is 0 Å². The smallest absolute Gasteiger partial charge is 0.221 e. The van der Waals surface area contributed by atoms with Crippen molar-refractivity contribution in [2.75, 3.05) is 37.4 Å². The van der Waals surface area contributed by atoms with Gasteiger partial charge in [-0.2, -0.15) is 0 Å². The number of methoxy groups -OCH3 is 1. The van der Waals surface area contributed by atoms with Gasteiger partial charge in [-0.05, 0) is 13.8 Å². The van der Waals surface area contributed by atoms with Crippen LogP contribution in [0, 0.1) is 0 Å². The summed E-state index contributed by atoms with van der Waals surface area (Å²) in [5.41, 5.74) is 0. The van der Waals surface area contributed by atoms with E-state index in [2.05, 4.69) is 25.9 Å². The van der Waals surface area contributed by atoms with E-state index in [4.69, 9.17) is 4.74 Å². The number of nitrogens with zero attached hydrogens (tertiary/aromatic N) is 2. The Morgan fingerprint density at radius 1 is 1.20 bits per heavy atom. The normalized spacial score (nSPS) is 10.2. The first-order valence-corrected chi connectivity index (χ1v) is 6.80. The van der Waals surface area contributed by atoms with Gasteiger partial charge in [-0.3, -0.25) is 4.79 Å². The zero-order valence-corrected chi connectivity index (χ0v) is 12.3. The number of rotatable bonds is 9. The topological polar surface area (TPSA) is 88.2 Å². The fourth-order valence-electron chi connectivity index (χ4n) is 1.64. The molecule has 0 radical (unpaired) electrons. The molecule has 1 aromatic heterocycles. The van der Waals surface area contributed by atoms with Gasteiger partial charge in [0.05, 0.1) is 0 Å². The van der Waals surface area contributed by atoms with Crippen LogP contribution >= 0.6 is 0 Å². The van der Waals surface area contributed by atoms with Gasteiger partial charge in [-0.25, -0.2) is 9.97 Å². The Morgan fingerprint density at radius 3 is 2.50 bits per heavy atom. The molecule has 0 saturated carbocycles. The van der Waals surface area contributed by atoms with Crippen molar-refractivity contribution in [2.24, 2.45) is 0 Å². The van der Waals surface area contributed by atoms with Gasteiger partial charge in [0.25, 0.3) is 0 Å². The summed E-state index contributed by atoms with van der Waals surface area (Å²) in [7, 11) is 1.60. The number of carbonyl (C=O) groups excluding carboxylic acids is 1. The molecule has 1 amide bonds. The molecule has 0 aromatic carbocycles. The van der Waals surface area contributed by atoms with Crippen molar-refractivity contribution >= 4 is 17.5 Å². The van der Waals surface area contributed by atoms with Crippen molar-refractivity contribution < 1.29 is 9.53 Å². The summed E-state index contributed by atoms with van der Waals surface area (Å²) < 4.78 is 5.05. The molecule has 0 bridgehead atoms. The summed E-state index contributed by atoms with van der Waals surface area (Å²) in [5, 5.41) is 9.02. The molecule has 0 aliphatic rings. The van der Waals surface area contributed by atoms with Crippen molar-refractivity contribution in [1.29, 1.82) is 0 Å². The molecule has 7 nitrogen and oxygen atoms in total. The Kier molecular flexibility index (Phi) is 7.34. The molecule has 1 rings (SSSR count). The maximum Gasteiger partial charge on any atom is 0.221 e. The fourth-order valence-corrected chi connectivity index (χ4v) is 1.64. The SMILES string of the molecule is CCNC(=O)CCNc1cc(NCC)nc(COC)n1. The van der Waals surface area contributed by atoms with E-state index in [0.29, 0.717) is 37.8 Å². The minimum atomic E-state index is 0.0260. The molecule has 0 aliphatic carbocycles. The molecule has 0 unspecified atom stereocenters. The highest BCUT2D eigenvalue weighted by atomic mass is 16.5. The molecule has 20 heavy (non-hydrogen) atoms. The number of amides is 1. The third-order valence-electron chi connectivity index (χ3n) is 2.44. The van der Waals surface area contributed by atoms with Gasteiger partial charge >= 0.3 is 0 Å². The third-order valence-corrected chi connectivity index (χ3v) is 2.44. The molecule has 3 N–H and O–H groups in total. The van der Waals surface area contributed by atoms with Crippen LogP contribution in [0.25, 0.3) is 0 Å². The summed E-state index contributed by atoms with van der Waals surface area (Å²) in [6.07, 6.45) is 0.411. The van der Waals surface area contributed by atoms with Gasteiger partial charge in [0.1, 0.15) is 18.2 Å². The molecule has 0 spiro atoms. The highest BCUT2D eigenvalue weighted by Gasteiger charge is 2.05. The van der Waals surface area contributed by atoms with Crippen LogP contribution in [0.4, 0.5) is 11.6 Å². The molecule has 0 aliphatic heterocycles. The lowest BCUT2D eigenvalue weighted by atomic mass is 10.4. The highest BCUT2D eigenvalue weighted by molar-refractivity contribution is 5.76. The van der Waals surface area contributed by atoms with Crippen LogP contribution in [-0.2, 0) is 16.1 Å². The maximum atomic E-state index is 11.4. The lowest BCUT2D eigenvalue weighted by Crippen LogP contribution is -2.25. The summed E-state index contributed by atoms with van der Waals surface area (Å²) >= 11 is 0. The summed E-state index contributed by atoms with van der Waals surface area (Å²) in [6.45, 7) is 6.21. The first-order valence-electron chi connectivity index (χ1n) is 6.80. The minimum Gasteiger partial charge on any atom is -0.377 e. The average Bonchev–Trinajstić information content (AvgIpc) is 2.39. The predicted octanol–water partition coefficient (Wildman–Crippen LogP) is 0.993. The molecule has 112 valence electrons. The van der Waals surface area contributed by atoms with E-state index in [9.17, 15) is 4.79 Å². The molecular weight excluding hydrogens is 258 g/mol. The number of carbonyl (C=O) groups is 1. The maximum absolute atomic E-state index is 11.4. The first-order chi connectivity index (χ1) is 9.69. The minimum absolute atomic E-state index is 0.0260. The zero-order valence-electron chi connectivity index (χ0n) is 12.3. The number of nitrogens with one attached hydrogen (secondary N) is 3. The number of hydrogen-bond acceptors (Lipinski definition) is 6. The van der Waals surface area contributed by atoms with Crippen molar-refractivity contribution in [3.63, 3.8) is 0 Å². The van der Waals surface area contributed by atoms with Crippen LogP contribution in [-0.4, -0.2) is 42.6 Å². The summed E-state index contributed by atoms with van der Waals surface area (Å²) in [5.74, 6) is 2.06. The largest absolute Gasteiger partial charge is 0.377 e. The Morgan fingerprint density at radius 2 is 1.90 bits per heavy atom. The number of ether oxygens (including phenoxy) is 1.